The number of nitrogens with zero attached hydrogens (tertiary/aromatic N) is 1. The van der Waals surface area contributed by atoms with Crippen LogP contribution in [0.4, 0.5) is 0 Å². The van der Waals surface area contributed by atoms with Crippen molar-refractivity contribution in [2.45, 2.75) is 12.8 Å². The molecule has 0 radical (unpaired) electrons. The Bertz CT molecular complexity index is 568. The van der Waals surface area contributed by atoms with Crippen LogP contribution in [0, 0.1) is 5.92 Å². The van der Waals surface area contributed by atoms with Crippen molar-refractivity contribution >= 4 is 12.0 Å². The summed E-state index contributed by atoms with van der Waals surface area (Å²) in [7, 11) is 1.71. The molecule has 118 valence electrons. The Morgan fingerprint density at radius 3 is 3.14 bits per heavy atom. The number of hydrogen-bond acceptors (Lipinski definition) is 4. The molecule has 0 bridgehead atoms. The molecule has 3 rings (SSSR count). The number of benzene rings is 1. The lowest BCUT2D eigenvalue weighted by Crippen LogP contribution is -2.40. The molecule has 2 aliphatic rings. The summed E-state index contributed by atoms with van der Waals surface area (Å²) in [6.07, 6.45) is 5.62. The van der Waals surface area contributed by atoms with Crippen molar-refractivity contribution in [1.29, 1.82) is 0 Å². The number of carbonyl (C=O) groups is 1. The second-order valence-electron chi connectivity index (χ2n) is 5.69. The lowest BCUT2D eigenvalue weighted by atomic mass is 9.99. The lowest BCUT2D eigenvalue weighted by Gasteiger charge is -2.31. The third-order valence-electron chi connectivity index (χ3n) is 4.05. The van der Waals surface area contributed by atoms with Crippen LogP contribution in [0.5, 0.6) is 11.5 Å². The van der Waals surface area contributed by atoms with E-state index in [0.29, 0.717) is 5.92 Å². The van der Waals surface area contributed by atoms with Gasteiger partial charge in [0.15, 0.2) is 11.5 Å². The predicted molar refractivity (Wildman–Crippen MR) is 82.8 cm³/mol. The minimum atomic E-state index is 0.0541. The fraction of sp³-hybridized carbons (Fsp3) is 0.471. The monoisotopic (exact) mass is 303 g/mol. The molecule has 1 amide bonds. The highest BCUT2D eigenvalue weighted by atomic mass is 16.7. The van der Waals surface area contributed by atoms with Gasteiger partial charge in [-0.3, -0.25) is 4.79 Å². The van der Waals surface area contributed by atoms with Gasteiger partial charge < -0.3 is 19.1 Å². The minimum absolute atomic E-state index is 0.0541. The normalized spacial score (nSPS) is 20.6. The van der Waals surface area contributed by atoms with E-state index >= 15 is 0 Å². The van der Waals surface area contributed by atoms with Gasteiger partial charge in [-0.2, -0.15) is 0 Å². The molecule has 0 aromatic heterocycles. The van der Waals surface area contributed by atoms with Gasteiger partial charge in [-0.05, 0) is 42.5 Å². The highest BCUT2D eigenvalue weighted by molar-refractivity contribution is 5.92. The van der Waals surface area contributed by atoms with Crippen LogP contribution in [0.25, 0.3) is 6.08 Å². The Balaban J connectivity index is 1.61. The van der Waals surface area contributed by atoms with E-state index in [2.05, 4.69) is 0 Å². The minimum Gasteiger partial charge on any atom is -0.454 e. The predicted octanol–water partition coefficient (Wildman–Crippen LogP) is 2.31. The summed E-state index contributed by atoms with van der Waals surface area (Å²) in [5.74, 6) is 1.98. The zero-order valence-corrected chi connectivity index (χ0v) is 12.8. The van der Waals surface area contributed by atoms with Gasteiger partial charge in [-0.25, -0.2) is 0 Å². The number of methoxy groups -OCH3 is 1. The highest BCUT2D eigenvalue weighted by Gasteiger charge is 2.22. The quantitative estimate of drug-likeness (QED) is 0.801. The second-order valence-corrected chi connectivity index (χ2v) is 5.69. The average Bonchev–Trinajstić information content (AvgIpc) is 3.01. The number of rotatable bonds is 4. The maximum Gasteiger partial charge on any atom is 0.246 e. The Hall–Kier alpha value is -2.01. The molecule has 1 saturated heterocycles. The Kier molecular flexibility index (Phi) is 4.63. The molecular weight excluding hydrogens is 282 g/mol. The van der Waals surface area contributed by atoms with Crippen LogP contribution in [0.3, 0.4) is 0 Å². The first kappa shape index (κ1) is 14.9. The first-order valence-electron chi connectivity index (χ1n) is 7.62. The number of hydrogen-bond donors (Lipinski definition) is 0. The molecule has 1 aromatic carbocycles. The second kappa shape index (κ2) is 6.83. The highest BCUT2D eigenvalue weighted by Crippen LogP contribution is 2.32. The average molecular weight is 303 g/mol. The van der Waals surface area contributed by atoms with Gasteiger partial charge in [0.1, 0.15) is 0 Å². The Morgan fingerprint density at radius 2 is 2.27 bits per heavy atom. The number of piperidine rings is 1. The van der Waals surface area contributed by atoms with Gasteiger partial charge >= 0.3 is 0 Å². The Labute approximate surface area is 130 Å². The van der Waals surface area contributed by atoms with Crippen LogP contribution in [0.1, 0.15) is 18.4 Å². The van der Waals surface area contributed by atoms with E-state index in [9.17, 15) is 4.79 Å². The summed E-state index contributed by atoms with van der Waals surface area (Å²) in [5, 5.41) is 0. The van der Waals surface area contributed by atoms with Crippen molar-refractivity contribution in [3.05, 3.63) is 29.8 Å². The zero-order chi connectivity index (χ0) is 15.4. The molecule has 5 heteroatoms. The van der Waals surface area contributed by atoms with Crippen LogP contribution >= 0.6 is 0 Å². The van der Waals surface area contributed by atoms with Crippen molar-refractivity contribution in [3.63, 3.8) is 0 Å². The van der Waals surface area contributed by atoms with Crippen LogP contribution in [-0.4, -0.2) is 44.4 Å². The third kappa shape index (κ3) is 3.42. The van der Waals surface area contributed by atoms with E-state index in [1.54, 1.807) is 13.2 Å². The van der Waals surface area contributed by atoms with E-state index in [-0.39, 0.29) is 12.7 Å². The molecule has 0 saturated carbocycles. The summed E-state index contributed by atoms with van der Waals surface area (Å²) in [6, 6.07) is 5.67. The molecule has 1 fully saturated rings. The third-order valence-corrected chi connectivity index (χ3v) is 4.05. The largest absolute Gasteiger partial charge is 0.454 e. The molecule has 1 unspecified atom stereocenters. The maximum absolute atomic E-state index is 12.3. The van der Waals surface area contributed by atoms with Crippen molar-refractivity contribution in [2.24, 2.45) is 5.92 Å². The van der Waals surface area contributed by atoms with Crippen molar-refractivity contribution in [2.75, 3.05) is 33.6 Å². The van der Waals surface area contributed by atoms with Crippen LogP contribution in [-0.2, 0) is 9.53 Å². The van der Waals surface area contributed by atoms with E-state index in [0.717, 1.165) is 49.6 Å². The number of likely N-dealkylation sites (tertiary alicyclic amines) is 1. The fourth-order valence-corrected chi connectivity index (χ4v) is 2.93. The fourth-order valence-electron chi connectivity index (χ4n) is 2.93. The number of carbonyl (C=O) groups excluding carboxylic acids is 1. The molecule has 0 aliphatic carbocycles. The number of amides is 1. The Morgan fingerprint density at radius 1 is 1.41 bits per heavy atom. The number of fused-ring (bicyclic) bond motifs is 1. The number of ether oxygens (including phenoxy) is 3. The molecule has 2 heterocycles. The summed E-state index contributed by atoms with van der Waals surface area (Å²) in [4.78, 5) is 14.2. The smallest absolute Gasteiger partial charge is 0.246 e. The van der Waals surface area contributed by atoms with E-state index in [1.165, 1.54) is 0 Å². The van der Waals surface area contributed by atoms with Crippen molar-refractivity contribution < 1.29 is 19.0 Å². The van der Waals surface area contributed by atoms with Crippen molar-refractivity contribution in [1.82, 2.24) is 4.90 Å². The molecule has 5 nitrogen and oxygen atoms in total. The first-order chi connectivity index (χ1) is 10.8. The molecule has 1 aromatic rings. The summed E-state index contributed by atoms with van der Waals surface area (Å²) < 4.78 is 15.8. The zero-order valence-electron chi connectivity index (χ0n) is 12.8. The van der Waals surface area contributed by atoms with E-state index in [1.807, 2.05) is 29.2 Å². The van der Waals surface area contributed by atoms with Crippen LogP contribution in [0.2, 0.25) is 0 Å². The first-order valence-corrected chi connectivity index (χ1v) is 7.62. The van der Waals surface area contributed by atoms with Gasteiger partial charge in [-0.1, -0.05) is 6.07 Å². The summed E-state index contributed by atoms with van der Waals surface area (Å²) >= 11 is 0. The van der Waals surface area contributed by atoms with Gasteiger partial charge in [0.25, 0.3) is 0 Å². The lowest BCUT2D eigenvalue weighted by molar-refractivity contribution is -0.128. The van der Waals surface area contributed by atoms with Crippen LogP contribution in [0.15, 0.2) is 24.3 Å². The SMILES string of the molecule is COCC1CCCN(C(=O)/C=C/c2ccc3c(c2)OCO3)C1. The van der Waals surface area contributed by atoms with Gasteiger partial charge in [0.2, 0.25) is 12.7 Å². The summed E-state index contributed by atoms with van der Waals surface area (Å²) in [6.45, 7) is 2.58. The van der Waals surface area contributed by atoms with Gasteiger partial charge in [-0.15, -0.1) is 0 Å². The van der Waals surface area contributed by atoms with Crippen LogP contribution < -0.4 is 9.47 Å². The molecule has 1 atom stereocenters. The van der Waals surface area contributed by atoms with E-state index < -0.39 is 0 Å². The van der Waals surface area contributed by atoms with Gasteiger partial charge in [0, 0.05) is 26.3 Å². The summed E-state index contributed by atoms with van der Waals surface area (Å²) in [5.41, 5.74) is 0.933. The molecular formula is C17H21NO4. The topological polar surface area (TPSA) is 48.0 Å². The molecule has 0 spiro atoms. The van der Waals surface area contributed by atoms with Crippen molar-refractivity contribution in [3.8, 4) is 11.5 Å². The van der Waals surface area contributed by atoms with E-state index in [4.69, 9.17) is 14.2 Å². The molecule has 22 heavy (non-hydrogen) atoms. The molecule has 2 aliphatic heterocycles. The molecule has 0 N–H and O–H groups in total. The maximum atomic E-state index is 12.3. The van der Waals surface area contributed by atoms with Gasteiger partial charge in [0.05, 0.1) is 6.61 Å². The standard InChI is InChI=1S/C17H21NO4/c1-20-11-14-3-2-8-18(10-14)17(19)7-5-13-4-6-15-16(9-13)22-12-21-15/h4-7,9,14H,2-3,8,10-12H2,1H3/b7-5+.